The van der Waals surface area contributed by atoms with Crippen molar-refractivity contribution in [3.63, 3.8) is 0 Å². The molecule has 1 atom stereocenters. The quantitative estimate of drug-likeness (QED) is 0.160. The van der Waals surface area contributed by atoms with Gasteiger partial charge in [0.05, 0.1) is 16.5 Å². The third-order valence-electron chi connectivity index (χ3n) is 14.3. The van der Waals surface area contributed by atoms with E-state index < -0.39 is 5.41 Å². The summed E-state index contributed by atoms with van der Waals surface area (Å²) in [7, 11) is 0. The number of nitrogens with zero attached hydrogens (tertiary/aromatic N) is 1. The summed E-state index contributed by atoms with van der Waals surface area (Å²) in [6.07, 6.45) is 0. The number of hydrogen-bond acceptors (Lipinski definition) is 3. The van der Waals surface area contributed by atoms with E-state index in [0.717, 1.165) is 72.1 Å². The number of anilines is 3. The minimum absolute atomic E-state index is 0.675. The van der Waals surface area contributed by atoms with Gasteiger partial charge in [0.2, 0.25) is 0 Å². The molecule has 318 valence electrons. The van der Waals surface area contributed by atoms with Gasteiger partial charge in [0.1, 0.15) is 22.3 Å². The second-order valence-electron chi connectivity index (χ2n) is 17.9. The van der Waals surface area contributed by atoms with Gasteiger partial charge in [0, 0.05) is 27.5 Å². The van der Waals surface area contributed by atoms with E-state index in [0.29, 0.717) is 0 Å². The number of para-hydroxylation sites is 1. The highest BCUT2D eigenvalue weighted by Gasteiger charge is 2.48. The largest absolute Gasteiger partial charge is 0.456 e. The summed E-state index contributed by atoms with van der Waals surface area (Å²) in [5, 5.41) is 6.76. The van der Waals surface area contributed by atoms with Gasteiger partial charge >= 0.3 is 0 Å². The van der Waals surface area contributed by atoms with Gasteiger partial charge < -0.3 is 13.7 Å². The third-order valence-corrected chi connectivity index (χ3v) is 14.3. The zero-order valence-corrected chi connectivity index (χ0v) is 36.9. The van der Waals surface area contributed by atoms with Crippen LogP contribution in [0.1, 0.15) is 22.3 Å². The van der Waals surface area contributed by atoms with Crippen molar-refractivity contribution in [2.75, 3.05) is 4.90 Å². The maximum Gasteiger partial charge on any atom is 0.137 e. The molecule has 11 aromatic carbocycles. The van der Waals surface area contributed by atoms with Crippen LogP contribution in [0.3, 0.4) is 0 Å². The molecule has 0 saturated carbocycles. The van der Waals surface area contributed by atoms with E-state index in [1.54, 1.807) is 0 Å². The molecule has 13 aromatic rings. The zero-order chi connectivity index (χ0) is 44.8. The molecule has 1 unspecified atom stereocenters. The molecule has 0 radical (unpaired) electrons. The third kappa shape index (κ3) is 5.60. The van der Waals surface area contributed by atoms with Crippen molar-refractivity contribution in [3.8, 4) is 33.4 Å². The Balaban J connectivity index is 1.08. The Hall–Kier alpha value is -8.92. The Kier molecular flexibility index (Phi) is 8.50. The van der Waals surface area contributed by atoms with E-state index >= 15 is 0 Å². The van der Waals surface area contributed by atoms with Crippen LogP contribution in [-0.2, 0) is 5.41 Å². The summed E-state index contributed by atoms with van der Waals surface area (Å²) in [6.45, 7) is 0. The Labute approximate surface area is 393 Å². The summed E-state index contributed by atoms with van der Waals surface area (Å²) < 4.78 is 13.2. The molecule has 68 heavy (non-hydrogen) atoms. The Morgan fingerprint density at radius 2 is 0.897 bits per heavy atom. The molecule has 1 aliphatic carbocycles. The van der Waals surface area contributed by atoms with Gasteiger partial charge in [0.15, 0.2) is 0 Å². The lowest BCUT2D eigenvalue weighted by Crippen LogP contribution is -2.29. The average Bonchev–Trinajstić information content (AvgIpc) is 4.08. The molecule has 2 heterocycles. The average molecular weight is 868 g/mol. The Morgan fingerprint density at radius 3 is 1.71 bits per heavy atom. The minimum Gasteiger partial charge on any atom is -0.456 e. The molecular weight excluding hydrogens is 827 g/mol. The summed E-state index contributed by atoms with van der Waals surface area (Å²) in [4.78, 5) is 2.42. The fourth-order valence-electron chi connectivity index (χ4n) is 11.5. The van der Waals surface area contributed by atoms with Crippen LogP contribution >= 0.6 is 0 Å². The van der Waals surface area contributed by atoms with Crippen LogP contribution < -0.4 is 4.90 Å². The maximum absolute atomic E-state index is 6.63. The first kappa shape index (κ1) is 38.4. The molecule has 0 spiro atoms. The van der Waals surface area contributed by atoms with Gasteiger partial charge in [-0.05, 0) is 121 Å². The predicted molar refractivity (Wildman–Crippen MR) is 281 cm³/mol. The SMILES string of the molecule is c1ccc(-c2cccc3c2-c2c(ccc4ccccc24)C3(c2ccccc2)c2cccc(N(c3ccc4oc5cccc(-c6ccccc6)c5c4c3)c3cccc4oc5ccccc5c34)c2)cc1. The predicted octanol–water partition coefficient (Wildman–Crippen LogP) is 17.8. The highest BCUT2D eigenvalue weighted by Crippen LogP contribution is 2.60. The highest BCUT2D eigenvalue weighted by molar-refractivity contribution is 6.16. The van der Waals surface area contributed by atoms with Crippen molar-refractivity contribution in [1.82, 2.24) is 0 Å². The van der Waals surface area contributed by atoms with E-state index in [-0.39, 0.29) is 0 Å². The molecule has 0 fully saturated rings. The summed E-state index contributed by atoms with van der Waals surface area (Å²) in [5.41, 5.74) is 18.0. The van der Waals surface area contributed by atoms with Crippen LogP contribution in [0.25, 0.3) is 88.0 Å². The minimum atomic E-state index is -0.675. The van der Waals surface area contributed by atoms with Crippen molar-refractivity contribution in [1.29, 1.82) is 0 Å². The lowest BCUT2D eigenvalue weighted by molar-refractivity contribution is 0.668. The van der Waals surface area contributed by atoms with Crippen LogP contribution in [0.2, 0.25) is 0 Å². The van der Waals surface area contributed by atoms with Crippen LogP contribution in [0.15, 0.2) is 258 Å². The van der Waals surface area contributed by atoms with Gasteiger partial charge in [-0.1, -0.05) is 194 Å². The van der Waals surface area contributed by atoms with E-state index in [1.165, 1.54) is 55.3 Å². The number of hydrogen-bond donors (Lipinski definition) is 0. The first-order chi connectivity index (χ1) is 33.7. The van der Waals surface area contributed by atoms with Gasteiger partial charge in [-0.25, -0.2) is 0 Å². The fourth-order valence-corrected chi connectivity index (χ4v) is 11.5. The van der Waals surface area contributed by atoms with E-state index in [1.807, 2.05) is 6.07 Å². The van der Waals surface area contributed by atoms with Crippen molar-refractivity contribution >= 4 is 71.7 Å². The van der Waals surface area contributed by atoms with Crippen molar-refractivity contribution in [3.05, 3.63) is 271 Å². The molecule has 0 aliphatic heterocycles. The Bertz CT molecular complexity index is 4090. The summed E-state index contributed by atoms with van der Waals surface area (Å²) in [6, 6.07) is 90.2. The van der Waals surface area contributed by atoms with Crippen molar-refractivity contribution in [2.45, 2.75) is 5.41 Å². The normalized spacial score (nSPS) is 14.2. The lowest BCUT2D eigenvalue weighted by atomic mass is 9.67. The molecule has 3 nitrogen and oxygen atoms in total. The zero-order valence-electron chi connectivity index (χ0n) is 36.9. The van der Waals surface area contributed by atoms with Gasteiger partial charge in [-0.3, -0.25) is 0 Å². The topological polar surface area (TPSA) is 29.5 Å². The first-order valence-corrected chi connectivity index (χ1v) is 23.3. The van der Waals surface area contributed by atoms with E-state index in [4.69, 9.17) is 8.83 Å². The molecule has 0 N–H and O–H groups in total. The van der Waals surface area contributed by atoms with Gasteiger partial charge in [-0.2, -0.15) is 0 Å². The van der Waals surface area contributed by atoms with Crippen LogP contribution in [0.5, 0.6) is 0 Å². The fraction of sp³-hybridized carbons (Fsp3) is 0.0154. The molecule has 0 bridgehead atoms. The molecule has 2 aromatic heterocycles. The monoisotopic (exact) mass is 867 g/mol. The standard InChI is InChI=1S/C65H41NO2/c1-4-18-42(19-5-1)49-30-16-34-59-61(49)53-41-48(37-39-58(53)68-59)66(56-32-17-35-60-64(56)52-28-12-13-33-57(52)67-60)47-26-14-25-46(40-47)65(45-23-8-3-9-24-45)54-31-15-29-51(43-20-6-2-7-21-43)62(54)63-50-27-11-10-22-44(50)36-38-55(63)65/h1-41H. The maximum atomic E-state index is 6.63. The molecular formula is C65H41NO2. The first-order valence-electron chi connectivity index (χ1n) is 23.3. The summed E-state index contributed by atoms with van der Waals surface area (Å²) in [5.74, 6) is 0. The smallest absolute Gasteiger partial charge is 0.137 e. The lowest BCUT2D eigenvalue weighted by Gasteiger charge is -2.35. The highest BCUT2D eigenvalue weighted by atomic mass is 16.3. The number of furan rings is 2. The molecule has 0 amide bonds. The molecule has 14 rings (SSSR count). The van der Waals surface area contributed by atoms with Gasteiger partial charge in [-0.15, -0.1) is 0 Å². The molecule has 0 saturated heterocycles. The second-order valence-corrected chi connectivity index (χ2v) is 17.9. The van der Waals surface area contributed by atoms with Crippen LogP contribution in [-0.4, -0.2) is 0 Å². The summed E-state index contributed by atoms with van der Waals surface area (Å²) >= 11 is 0. The van der Waals surface area contributed by atoms with Gasteiger partial charge in [0.25, 0.3) is 0 Å². The van der Waals surface area contributed by atoms with Crippen molar-refractivity contribution in [2.24, 2.45) is 0 Å². The van der Waals surface area contributed by atoms with E-state index in [2.05, 4.69) is 248 Å². The number of benzene rings is 11. The molecule has 1 aliphatic rings. The van der Waals surface area contributed by atoms with Crippen molar-refractivity contribution < 1.29 is 8.83 Å². The second kappa shape index (κ2) is 15.1. The Morgan fingerprint density at radius 1 is 0.324 bits per heavy atom. The number of fused-ring (bicyclic) bond motifs is 11. The number of rotatable bonds is 7. The molecule has 3 heteroatoms. The van der Waals surface area contributed by atoms with Crippen LogP contribution in [0, 0.1) is 0 Å². The van der Waals surface area contributed by atoms with E-state index in [9.17, 15) is 0 Å². The van der Waals surface area contributed by atoms with Crippen LogP contribution in [0.4, 0.5) is 17.1 Å².